The summed E-state index contributed by atoms with van der Waals surface area (Å²) in [6.45, 7) is 20.1. The highest BCUT2D eigenvalue weighted by molar-refractivity contribution is 7.80. The molecule has 2 aromatic carbocycles. The van der Waals surface area contributed by atoms with Crippen LogP contribution in [0.25, 0.3) is 0 Å². The number of carbonyl (C=O) groups excluding carboxylic acids is 1. The Hall–Kier alpha value is -2.40. The molecule has 212 valence electrons. The lowest BCUT2D eigenvalue weighted by molar-refractivity contribution is 0.0952. The van der Waals surface area contributed by atoms with Gasteiger partial charge in [0.05, 0.1) is 0 Å². The number of nitrogens with one attached hydrogen (secondary N) is 3. The highest BCUT2D eigenvalue weighted by Gasteiger charge is 2.06. The molecule has 0 bridgehead atoms. The number of hydrogen-bond acceptors (Lipinski definition) is 2. The average molecular weight is 540 g/mol. The molecule has 0 heterocycles. The van der Waals surface area contributed by atoms with E-state index in [2.05, 4.69) is 108 Å². The molecule has 5 heteroatoms. The van der Waals surface area contributed by atoms with Gasteiger partial charge in [0.1, 0.15) is 0 Å². The second kappa shape index (κ2) is 18.8. The quantitative estimate of drug-likeness (QED) is 0.230. The minimum atomic E-state index is 0.0340. The lowest BCUT2D eigenvalue weighted by atomic mass is 10.0. The van der Waals surface area contributed by atoms with Gasteiger partial charge in [-0.05, 0) is 90.4 Å². The number of amides is 1. The van der Waals surface area contributed by atoms with Gasteiger partial charge in [0.15, 0.2) is 5.11 Å². The van der Waals surface area contributed by atoms with Gasteiger partial charge >= 0.3 is 0 Å². The first-order valence-corrected chi connectivity index (χ1v) is 14.8. The first-order valence-electron chi connectivity index (χ1n) is 14.4. The predicted molar refractivity (Wildman–Crippen MR) is 169 cm³/mol. The lowest BCUT2D eigenvalue weighted by Gasteiger charge is -2.12. The van der Waals surface area contributed by atoms with Gasteiger partial charge < -0.3 is 16.0 Å². The molecule has 4 nitrogen and oxygen atoms in total. The maximum Gasteiger partial charge on any atom is 0.251 e. The zero-order chi connectivity index (χ0) is 28.5. The van der Waals surface area contributed by atoms with Crippen LogP contribution in [0.2, 0.25) is 0 Å². The normalized spacial score (nSPS) is 10.9. The smallest absolute Gasteiger partial charge is 0.251 e. The molecular weight excluding hydrogens is 486 g/mol. The number of carbonyl (C=O) groups is 1. The van der Waals surface area contributed by atoms with Crippen molar-refractivity contribution in [2.24, 2.45) is 23.7 Å². The Labute approximate surface area is 238 Å². The standard InChI is InChI=1S/C17H28N2S.C16H25NO/c1-13(2)9-10-18-17(20)19-12-16-7-5-15(6-8-16)11-14(3)4;1-12(2)9-10-17-16(18)15-7-5-14(6-8-15)11-13(3)4/h5-8,13-14H,9-12H2,1-4H3,(H2,18,19,20);5-8,12-13H,9-11H2,1-4H3,(H,17,18). The van der Waals surface area contributed by atoms with Crippen LogP contribution in [0.3, 0.4) is 0 Å². The molecule has 38 heavy (non-hydrogen) atoms. The Morgan fingerprint density at radius 3 is 1.47 bits per heavy atom. The summed E-state index contributed by atoms with van der Waals surface area (Å²) in [6.07, 6.45) is 4.38. The van der Waals surface area contributed by atoms with Gasteiger partial charge in [-0.15, -0.1) is 0 Å². The Balaban J connectivity index is 0.000000382. The fourth-order valence-corrected chi connectivity index (χ4v) is 4.00. The molecule has 0 saturated heterocycles. The molecular formula is C33H53N3OS. The summed E-state index contributed by atoms with van der Waals surface area (Å²) in [4.78, 5) is 11.8. The molecule has 0 radical (unpaired) electrons. The van der Waals surface area contributed by atoms with E-state index in [1.807, 2.05) is 12.1 Å². The number of benzene rings is 2. The summed E-state index contributed by atoms with van der Waals surface area (Å²) < 4.78 is 0. The SMILES string of the molecule is CC(C)CCNC(=O)c1ccc(CC(C)C)cc1.CC(C)CCNC(=S)NCc1ccc(CC(C)C)cc1. The maximum absolute atomic E-state index is 11.8. The van der Waals surface area contributed by atoms with E-state index in [1.54, 1.807) is 0 Å². The van der Waals surface area contributed by atoms with E-state index in [0.29, 0.717) is 23.7 Å². The second-order valence-corrected chi connectivity index (χ2v) is 12.3. The highest BCUT2D eigenvalue weighted by atomic mass is 32.1. The van der Waals surface area contributed by atoms with Crippen molar-refractivity contribution in [3.63, 3.8) is 0 Å². The molecule has 0 aliphatic rings. The van der Waals surface area contributed by atoms with Gasteiger partial charge in [-0.3, -0.25) is 4.79 Å². The molecule has 3 N–H and O–H groups in total. The Bertz CT molecular complexity index is 918. The third kappa shape index (κ3) is 16.4. The Kier molecular flexibility index (Phi) is 16.6. The largest absolute Gasteiger partial charge is 0.363 e. The third-order valence-electron chi connectivity index (χ3n) is 5.99. The van der Waals surface area contributed by atoms with Crippen LogP contribution in [0.5, 0.6) is 0 Å². The molecule has 0 aliphatic heterocycles. The van der Waals surface area contributed by atoms with E-state index < -0.39 is 0 Å². The van der Waals surface area contributed by atoms with Crippen LogP contribution in [-0.4, -0.2) is 24.1 Å². The van der Waals surface area contributed by atoms with Gasteiger partial charge in [0.2, 0.25) is 0 Å². The zero-order valence-electron chi connectivity index (χ0n) is 25.2. The van der Waals surface area contributed by atoms with Crippen LogP contribution in [0.1, 0.15) is 95.3 Å². The van der Waals surface area contributed by atoms with Crippen molar-refractivity contribution in [1.29, 1.82) is 0 Å². The number of rotatable bonds is 13. The van der Waals surface area contributed by atoms with Crippen molar-refractivity contribution in [3.8, 4) is 0 Å². The van der Waals surface area contributed by atoms with Gasteiger partial charge in [-0.2, -0.15) is 0 Å². The van der Waals surface area contributed by atoms with Crippen LogP contribution in [0, 0.1) is 23.7 Å². The first kappa shape index (κ1) is 33.6. The van der Waals surface area contributed by atoms with Crippen molar-refractivity contribution in [2.45, 2.75) is 87.6 Å². The van der Waals surface area contributed by atoms with Crippen molar-refractivity contribution < 1.29 is 4.79 Å². The van der Waals surface area contributed by atoms with E-state index in [-0.39, 0.29) is 5.91 Å². The zero-order valence-corrected chi connectivity index (χ0v) is 26.0. The lowest BCUT2D eigenvalue weighted by Crippen LogP contribution is -2.35. The monoisotopic (exact) mass is 539 g/mol. The fraction of sp³-hybridized carbons (Fsp3) is 0.576. The average Bonchev–Trinajstić information content (AvgIpc) is 2.83. The topological polar surface area (TPSA) is 53.2 Å². The number of hydrogen-bond donors (Lipinski definition) is 3. The van der Waals surface area contributed by atoms with Crippen molar-refractivity contribution in [1.82, 2.24) is 16.0 Å². The molecule has 0 atom stereocenters. The van der Waals surface area contributed by atoms with Crippen LogP contribution in [0.15, 0.2) is 48.5 Å². The Morgan fingerprint density at radius 1 is 0.605 bits per heavy atom. The molecule has 0 spiro atoms. The second-order valence-electron chi connectivity index (χ2n) is 11.9. The van der Waals surface area contributed by atoms with Crippen molar-refractivity contribution in [3.05, 3.63) is 70.8 Å². The van der Waals surface area contributed by atoms with E-state index in [4.69, 9.17) is 12.2 Å². The van der Waals surface area contributed by atoms with E-state index in [0.717, 1.165) is 56.0 Å². The first-order chi connectivity index (χ1) is 18.0. The molecule has 0 saturated carbocycles. The summed E-state index contributed by atoms with van der Waals surface area (Å²) in [7, 11) is 0. The number of thiocarbonyl (C=S) groups is 1. The molecule has 0 aromatic heterocycles. The van der Waals surface area contributed by atoms with Gasteiger partial charge in [-0.25, -0.2) is 0 Å². The predicted octanol–water partition coefficient (Wildman–Crippen LogP) is 7.56. The van der Waals surface area contributed by atoms with Crippen LogP contribution in [0.4, 0.5) is 0 Å². The molecule has 0 aliphatic carbocycles. The molecule has 0 unspecified atom stereocenters. The van der Waals surface area contributed by atoms with Crippen LogP contribution >= 0.6 is 12.2 Å². The van der Waals surface area contributed by atoms with Gasteiger partial charge in [0.25, 0.3) is 5.91 Å². The third-order valence-corrected chi connectivity index (χ3v) is 6.28. The maximum atomic E-state index is 11.8. The van der Waals surface area contributed by atoms with Crippen LogP contribution < -0.4 is 16.0 Å². The minimum Gasteiger partial charge on any atom is -0.363 e. The summed E-state index contributed by atoms with van der Waals surface area (Å²) >= 11 is 5.27. The fourth-order valence-electron chi connectivity index (χ4n) is 3.82. The van der Waals surface area contributed by atoms with Crippen molar-refractivity contribution in [2.75, 3.05) is 13.1 Å². The molecule has 0 fully saturated rings. The molecule has 1 amide bonds. The molecule has 2 aromatic rings. The summed E-state index contributed by atoms with van der Waals surface area (Å²) in [5.74, 6) is 2.72. The minimum absolute atomic E-state index is 0.0340. The van der Waals surface area contributed by atoms with E-state index in [1.165, 1.54) is 16.7 Å². The van der Waals surface area contributed by atoms with Gasteiger partial charge in [-0.1, -0.05) is 91.8 Å². The van der Waals surface area contributed by atoms with Crippen LogP contribution in [-0.2, 0) is 19.4 Å². The summed E-state index contributed by atoms with van der Waals surface area (Å²) in [6, 6.07) is 16.7. The molecule has 2 rings (SSSR count). The highest BCUT2D eigenvalue weighted by Crippen LogP contribution is 2.11. The summed E-state index contributed by atoms with van der Waals surface area (Å²) in [5.41, 5.74) is 4.72. The van der Waals surface area contributed by atoms with E-state index in [9.17, 15) is 4.79 Å². The van der Waals surface area contributed by atoms with E-state index >= 15 is 0 Å². The van der Waals surface area contributed by atoms with Crippen molar-refractivity contribution >= 4 is 23.2 Å². The summed E-state index contributed by atoms with van der Waals surface area (Å²) in [5, 5.41) is 10.2. The Morgan fingerprint density at radius 2 is 1.03 bits per heavy atom. The van der Waals surface area contributed by atoms with Gasteiger partial charge in [0, 0.05) is 25.2 Å².